The van der Waals surface area contributed by atoms with Crippen LogP contribution in [0.4, 0.5) is 5.69 Å². The smallest absolute Gasteiger partial charge is 0.249 e. The second-order valence-corrected chi connectivity index (χ2v) is 9.26. The van der Waals surface area contributed by atoms with Gasteiger partial charge in [-0.25, -0.2) is 8.42 Å². The van der Waals surface area contributed by atoms with E-state index < -0.39 is 15.9 Å². The average Bonchev–Trinajstić information content (AvgIpc) is 3.28. The van der Waals surface area contributed by atoms with Crippen molar-refractivity contribution >= 4 is 21.6 Å². The second-order valence-electron chi connectivity index (χ2n) is 7.38. The molecule has 3 rings (SSSR count). The van der Waals surface area contributed by atoms with Crippen molar-refractivity contribution in [2.45, 2.75) is 51.5 Å². The van der Waals surface area contributed by atoms with Gasteiger partial charge >= 0.3 is 0 Å². The SMILES string of the molecule is Cc1cccc(NC(=O)CN(CC2CCCO2)S(=O)(=O)c2c(C)noc2C)c1C. The van der Waals surface area contributed by atoms with Gasteiger partial charge in [-0.05, 0) is 57.7 Å². The molecule has 1 atom stereocenters. The number of aromatic nitrogens is 1. The van der Waals surface area contributed by atoms with Crippen molar-refractivity contribution in [2.75, 3.05) is 25.0 Å². The summed E-state index contributed by atoms with van der Waals surface area (Å²) >= 11 is 0. The van der Waals surface area contributed by atoms with E-state index in [4.69, 9.17) is 9.26 Å². The second kappa shape index (κ2) is 8.64. The molecule has 2 aromatic rings. The number of anilines is 1. The minimum absolute atomic E-state index is 0.00929. The maximum Gasteiger partial charge on any atom is 0.249 e. The van der Waals surface area contributed by atoms with Crippen LogP contribution in [-0.2, 0) is 19.6 Å². The minimum atomic E-state index is -3.98. The van der Waals surface area contributed by atoms with Gasteiger partial charge in [-0.15, -0.1) is 0 Å². The maximum absolute atomic E-state index is 13.3. The van der Waals surface area contributed by atoms with Crippen molar-refractivity contribution in [1.82, 2.24) is 9.46 Å². The van der Waals surface area contributed by atoms with Crippen LogP contribution in [0.15, 0.2) is 27.6 Å². The molecule has 1 aromatic heterocycles. The molecule has 0 bridgehead atoms. The number of ether oxygens (including phenoxy) is 1. The first-order valence-corrected chi connectivity index (χ1v) is 11.0. The first kappa shape index (κ1) is 21.5. The highest BCUT2D eigenvalue weighted by atomic mass is 32.2. The Hall–Kier alpha value is -2.23. The van der Waals surface area contributed by atoms with Crippen LogP contribution < -0.4 is 5.32 Å². The van der Waals surface area contributed by atoms with E-state index in [0.717, 1.165) is 28.3 Å². The molecule has 1 fully saturated rings. The van der Waals surface area contributed by atoms with Gasteiger partial charge in [-0.3, -0.25) is 4.79 Å². The Balaban J connectivity index is 1.85. The van der Waals surface area contributed by atoms with Crippen LogP contribution in [0.25, 0.3) is 0 Å². The third kappa shape index (κ3) is 4.68. The monoisotopic (exact) mass is 421 g/mol. The highest BCUT2D eigenvalue weighted by Gasteiger charge is 2.35. The molecule has 1 aliphatic heterocycles. The number of nitrogens with one attached hydrogen (secondary N) is 1. The molecule has 29 heavy (non-hydrogen) atoms. The van der Waals surface area contributed by atoms with Crippen LogP contribution >= 0.6 is 0 Å². The number of amides is 1. The lowest BCUT2D eigenvalue weighted by Crippen LogP contribution is -2.42. The van der Waals surface area contributed by atoms with Gasteiger partial charge in [0.15, 0.2) is 5.76 Å². The Morgan fingerprint density at radius 1 is 1.28 bits per heavy atom. The highest BCUT2D eigenvalue weighted by Crippen LogP contribution is 2.25. The Morgan fingerprint density at radius 3 is 2.66 bits per heavy atom. The summed E-state index contributed by atoms with van der Waals surface area (Å²) in [6, 6.07) is 5.60. The molecule has 1 saturated heterocycles. The van der Waals surface area contributed by atoms with E-state index in [0.29, 0.717) is 12.3 Å². The molecule has 1 N–H and O–H groups in total. The Morgan fingerprint density at radius 2 is 2.03 bits per heavy atom. The van der Waals surface area contributed by atoms with E-state index in [1.54, 1.807) is 19.9 Å². The number of rotatable bonds is 7. The fourth-order valence-electron chi connectivity index (χ4n) is 3.47. The zero-order valence-electron chi connectivity index (χ0n) is 17.2. The molecule has 1 amide bonds. The third-order valence-corrected chi connectivity index (χ3v) is 7.25. The van der Waals surface area contributed by atoms with E-state index in [1.165, 1.54) is 0 Å². The fraction of sp³-hybridized carbons (Fsp3) is 0.500. The van der Waals surface area contributed by atoms with Gasteiger partial charge in [-0.2, -0.15) is 4.31 Å². The number of sulfonamides is 1. The third-order valence-electron chi connectivity index (χ3n) is 5.20. The van der Waals surface area contributed by atoms with Crippen molar-refractivity contribution in [2.24, 2.45) is 0 Å². The number of nitrogens with zero attached hydrogens (tertiary/aromatic N) is 2. The van der Waals surface area contributed by atoms with Crippen LogP contribution in [0.2, 0.25) is 0 Å². The Labute approximate surface area is 171 Å². The van der Waals surface area contributed by atoms with Gasteiger partial charge < -0.3 is 14.6 Å². The molecular weight excluding hydrogens is 394 g/mol. The van der Waals surface area contributed by atoms with Crippen molar-refractivity contribution in [3.05, 3.63) is 40.8 Å². The molecule has 158 valence electrons. The van der Waals surface area contributed by atoms with Crippen molar-refractivity contribution in [3.8, 4) is 0 Å². The number of carbonyl (C=O) groups is 1. The molecule has 2 heterocycles. The van der Waals surface area contributed by atoms with E-state index in [-0.39, 0.29) is 35.5 Å². The van der Waals surface area contributed by atoms with Gasteiger partial charge in [0.05, 0.1) is 12.6 Å². The summed E-state index contributed by atoms with van der Waals surface area (Å²) in [6.45, 7) is 7.37. The van der Waals surface area contributed by atoms with Gasteiger partial charge in [0.2, 0.25) is 15.9 Å². The summed E-state index contributed by atoms with van der Waals surface area (Å²) in [6.07, 6.45) is 1.39. The van der Waals surface area contributed by atoms with Gasteiger partial charge in [0.25, 0.3) is 0 Å². The summed E-state index contributed by atoms with van der Waals surface area (Å²) in [4.78, 5) is 12.8. The topological polar surface area (TPSA) is 102 Å². The Bertz CT molecular complexity index is 974. The molecule has 9 heteroatoms. The van der Waals surface area contributed by atoms with E-state index >= 15 is 0 Å². The summed E-state index contributed by atoms with van der Waals surface area (Å²) in [7, 11) is -3.98. The van der Waals surface area contributed by atoms with Gasteiger partial charge in [0.1, 0.15) is 10.6 Å². The standard InChI is InChI=1S/C20H27N3O5S/c1-13-7-5-9-18(14(13)2)21-19(24)12-23(11-17-8-6-10-27-17)29(25,26)20-15(3)22-28-16(20)4/h5,7,9,17H,6,8,10-12H2,1-4H3,(H,21,24). The van der Waals surface area contributed by atoms with E-state index in [1.807, 2.05) is 26.0 Å². The average molecular weight is 422 g/mol. The van der Waals surface area contributed by atoms with Crippen molar-refractivity contribution in [3.63, 3.8) is 0 Å². The molecule has 1 aliphatic rings. The largest absolute Gasteiger partial charge is 0.377 e. The minimum Gasteiger partial charge on any atom is -0.377 e. The first-order chi connectivity index (χ1) is 13.7. The molecule has 1 aromatic carbocycles. The quantitative estimate of drug-likeness (QED) is 0.738. The molecule has 0 spiro atoms. The fourth-order valence-corrected chi connectivity index (χ4v) is 5.19. The van der Waals surface area contributed by atoms with E-state index in [2.05, 4.69) is 10.5 Å². The lowest BCUT2D eigenvalue weighted by atomic mass is 10.1. The summed E-state index contributed by atoms with van der Waals surface area (Å²) in [5.74, 6) is -0.207. The van der Waals surface area contributed by atoms with Gasteiger partial charge in [-0.1, -0.05) is 17.3 Å². The number of benzene rings is 1. The highest BCUT2D eigenvalue weighted by molar-refractivity contribution is 7.89. The molecule has 0 aliphatic carbocycles. The van der Waals surface area contributed by atoms with Crippen LogP contribution in [0.1, 0.15) is 35.4 Å². The van der Waals surface area contributed by atoms with E-state index in [9.17, 15) is 13.2 Å². The number of hydrogen-bond acceptors (Lipinski definition) is 6. The maximum atomic E-state index is 13.3. The molecule has 0 radical (unpaired) electrons. The molecule has 8 nitrogen and oxygen atoms in total. The van der Waals surface area contributed by atoms with Crippen molar-refractivity contribution < 1.29 is 22.5 Å². The number of carbonyl (C=O) groups excluding carboxylic acids is 1. The number of hydrogen-bond donors (Lipinski definition) is 1. The normalized spacial score (nSPS) is 17.1. The lowest BCUT2D eigenvalue weighted by Gasteiger charge is -2.24. The van der Waals surface area contributed by atoms with Crippen LogP contribution in [0.5, 0.6) is 0 Å². The summed E-state index contributed by atoms with van der Waals surface area (Å²) < 4.78 is 38.5. The van der Waals surface area contributed by atoms with Gasteiger partial charge in [0, 0.05) is 18.8 Å². The zero-order chi connectivity index (χ0) is 21.2. The van der Waals surface area contributed by atoms with Crippen LogP contribution in [0.3, 0.4) is 0 Å². The lowest BCUT2D eigenvalue weighted by molar-refractivity contribution is -0.116. The summed E-state index contributed by atoms with van der Waals surface area (Å²) in [5, 5.41) is 6.58. The molecule has 1 unspecified atom stereocenters. The predicted molar refractivity (Wildman–Crippen MR) is 108 cm³/mol. The Kier molecular flexibility index (Phi) is 6.40. The van der Waals surface area contributed by atoms with Crippen molar-refractivity contribution in [1.29, 1.82) is 0 Å². The zero-order valence-corrected chi connectivity index (χ0v) is 18.0. The summed E-state index contributed by atoms with van der Waals surface area (Å²) in [5.41, 5.74) is 2.93. The predicted octanol–water partition coefficient (Wildman–Crippen LogP) is 2.72. The van der Waals surface area contributed by atoms with Crippen LogP contribution in [-0.4, -0.2) is 49.6 Å². The molecular formula is C20H27N3O5S. The van der Waals surface area contributed by atoms with Crippen LogP contribution in [0, 0.1) is 27.7 Å². The first-order valence-electron chi connectivity index (χ1n) is 9.61. The molecule has 0 saturated carbocycles. The number of aryl methyl sites for hydroxylation is 3.